The Labute approximate surface area is 510 Å². The molecule has 0 aromatic rings. The van der Waals surface area contributed by atoms with E-state index in [1.165, 1.54) is 250 Å². The molecule has 476 valence electrons. The third-order valence-corrected chi connectivity index (χ3v) is 16.0. The summed E-state index contributed by atoms with van der Waals surface area (Å²) in [5, 5.41) is 0. The standard InChI is InChI=1S/C76H136O6/c1-4-7-10-13-16-19-22-25-28-30-32-33-34-35-36-37-38-39-40-41-42-43-45-46-48-51-54-57-60-63-66-69-75(78)81-72-73(71-80-74(77)68-65-62-59-56-53-50-27-24-21-18-15-12-9-6-3)82-76(79)70-67-64-61-58-55-52-49-47-44-31-29-26-23-20-17-14-11-8-5-2/h8,11,17,20,26,29,44,47,52,55,61,64,73H,4-7,9-10,12-16,18-19,21-25,27-28,30-43,45-46,48-51,53-54,56-60,62-63,65-72H2,1-3H3/b11-8-,20-17-,29-26-,47-44-,55-52-,64-61-. The van der Waals surface area contributed by atoms with Crippen LogP contribution in [0.2, 0.25) is 0 Å². The molecule has 0 amide bonds. The number of carbonyl (C=O) groups is 3. The van der Waals surface area contributed by atoms with Crippen molar-refractivity contribution in [2.45, 2.75) is 380 Å². The fraction of sp³-hybridized carbons (Fsp3) is 0.803. The zero-order valence-electron chi connectivity index (χ0n) is 54.8. The Morgan fingerprint density at radius 1 is 0.256 bits per heavy atom. The van der Waals surface area contributed by atoms with Crippen LogP contribution in [0.1, 0.15) is 374 Å². The van der Waals surface area contributed by atoms with Gasteiger partial charge in [-0.2, -0.15) is 0 Å². The molecule has 6 nitrogen and oxygen atoms in total. The average molecular weight is 1150 g/mol. The summed E-state index contributed by atoms with van der Waals surface area (Å²) >= 11 is 0. The molecule has 0 aliphatic heterocycles. The predicted octanol–water partition coefficient (Wildman–Crippen LogP) is 24.8. The molecule has 0 fully saturated rings. The highest BCUT2D eigenvalue weighted by atomic mass is 16.6. The van der Waals surface area contributed by atoms with Crippen molar-refractivity contribution in [2.75, 3.05) is 13.2 Å². The highest BCUT2D eigenvalue weighted by Gasteiger charge is 2.19. The lowest BCUT2D eigenvalue weighted by molar-refractivity contribution is -0.166. The number of ether oxygens (including phenoxy) is 3. The molecule has 1 atom stereocenters. The lowest BCUT2D eigenvalue weighted by atomic mass is 10.0. The third kappa shape index (κ3) is 67.6. The highest BCUT2D eigenvalue weighted by Crippen LogP contribution is 2.19. The summed E-state index contributed by atoms with van der Waals surface area (Å²) in [5.41, 5.74) is 0. The van der Waals surface area contributed by atoms with E-state index in [-0.39, 0.29) is 37.5 Å². The first-order chi connectivity index (χ1) is 40.5. The van der Waals surface area contributed by atoms with Crippen molar-refractivity contribution in [3.05, 3.63) is 72.9 Å². The van der Waals surface area contributed by atoms with Gasteiger partial charge in [0.1, 0.15) is 13.2 Å². The molecule has 0 aromatic carbocycles. The van der Waals surface area contributed by atoms with Crippen molar-refractivity contribution in [1.82, 2.24) is 0 Å². The van der Waals surface area contributed by atoms with Crippen LogP contribution in [0.25, 0.3) is 0 Å². The van der Waals surface area contributed by atoms with E-state index in [0.29, 0.717) is 19.3 Å². The minimum absolute atomic E-state index is 0.101. The zero-order valence-corrected chi connectivity index (χ0v) is 54.8. The minimum Gasteiger partial charge on any atom is -0.462 e. The maximum Gasteiger partial charge on any atom is 0.306 e. The van der Waals surface area contributed by atoms with Crippen molar-refractivity contribution >= 4 is 17.9 Å². The molecule has 6 heteroatoms. The van der Waals surface area contributed by atoms with Crippen molar-refractivity contribution in [3.63, 3.8) is 0 Å². The molecule has 0 aliphatic carbocycles. The van der Waals surface area contributed by atoms with Crippen LogP contribution in [0.4, 0.5) is 0 Å². The summed E-state index contributed by atoms with van der Waals surface area (Å²) < 4.78 is 16.9. The molecule has 0 radical (unpaired) electrons. The number of unbranched alkanes of at least 4 members (excludes halogenated alkanes) is 43. The Balaban J connectivity index is 4.24. The molecular weight excluding hydrogens is 1010 g/mol. The van der Waals surface area contributed by atoms with Crippen LogP contribution < -0.4 is 0 Å². The Hall–Kier alpha value is -3.15. The van der Waals surface area contributed by atoms with E-state index >= 15 is 0 Å². The molecule has 0 saturated heterocycles. The number of esters is 3. The molecule has 0 aliphatic rings. The van der Waals surface area contributed by atoms with Gasteiger partial charge in [0.25, 0.3) is 0 Å². The summed E-state index contributed by atoms with van der Waals surface area (Å²) in [5.74, 6) is -0.964. The number of allylic oxidation sites excluding steroid dienone is 12. The first-order valence-electron chi connectivity index (χ1n) is 35.9. The van der Waals surface area contributed by atoms with Crippen molar-refractivity contribution in [2.24, 2.45) is 0 Å². The molecular formula is C76H136O6. The van der Waals surface area contributed by atoms with Gasteiger partial charge in [0.05, 0.1) is 0 Å². The second kappa shape index (κ2) is 70.3. The smallest absolute Gasteiger partial charge is 0.306 e. The molecule has 0 N–H and O–H groups in total. The van der Waals surface area contributed by atoms with E-state index in [9.17, 15) is 14.4 Å². The molecule has 0 aromatic heterocycles. The normalized spacial score (nSPS) is 12.5. The summed E-state index contributed by atoms with van der Waals surface area (Å²) in [4.78, 5) is 38.4. The van der Waals surface area contributed by atoms with Crippen LogP contribution in [0.5, 0.6) is 0 Å². The van der Waals surface area contributed by atoms with Gasteiger partial charge in [-0.15, -0.1) is 0 Å². The minimum atomic E-state index is -0.815. The first-order valence-corrected chi connectivity index (χ1v) is 35.9. The predicted molar refractivity (Wildman–Crippen MR) is 358 cm³/mol. The molecule has 0 saturated carbocycles. The molecule has 0 spiro atoms. The SMILES string of the molecule is CC/C=C\C/C=C\C/C=C\C/C=C\C/C=C\C/C=C\CCC(=O)OC(COC(=O)CCCCCCCCCCCCCCCC)COC(=O)CCCCCCCCCCCCCCCCCCCCCCCCCCCCCCCCC. The fourth-order valence-corrected chi connectivity index (χ4v) is 10.7. The van der Waals surface area contributed by atoms with Gasteiger partial charge in [0.15, 0.2) is 6.10 Å². The Bertz CT molecular complexity index is 1500. The van der Waals surface area contributed by atoms with Gasteiger partial charge in [-0.05, 0) is 57.8 Å². The first kappa shape index (κ1) is 78.8. The van der Waals surface area contributed by atoms with E-state index in [0.717, 1.165) is 77.0 Å². The average Bonchev–Trinajstić information content (AvgIpc) is 3.47. The number of hydrogen-bond acceptors (Lipinski definition) is 6. The topological polar surface area (TPSA) is 78.9 Å². The van der Waals surface area contributed by atoms with Gasteiger partial charge in [-0.1, -0.05) is 370 Å². The maximum atomic E-state index is 12.9. The largest absolute Gasteiger partial charge is 0.462 e. The molecule has 0 heterocycles. The Morgan fingerprint density at radius 2 is 0.476 bits per heavy atom. The lowest BCUT2D eigenvalue weighted by Crippen LogP contribution is -2.30. The van der Waals surface area contributed by atoms with E-state index < -0.39 is 6.10 Å². The molecule has 0 bridgehead atoms. The second-order valence-corrected chi connectivity index (χ2v) is 24.1. The maximum absolute atomic E-state index is 12.9. The second-order valence-electron chi connectivity index (χ2n) is 24.1. The molecule has 82 heavy (non-hydrogen) atoms. The Morgan fingerprint density at radius 3 is 0.720 bits per heavy atom. The highest BCUT2D eigenvalue weighted by molar-refractivity contribution is 5.71. The van der Waals surface area contributed by atoms with Gasteiger partial charge in [-0.25, -0.2) is 0 Å². The fourth-order valence-electron chi connectivity index (χ4n) is 10.7. The number of rotatable bonds is 66. The summed E-state index contributed by atoms with van der Waals surface area (Å²) in [6.07, 6.45) is 92.5. The quantitative estimate of drug-likeness (QED) is 0.0261. The van der Waals surface area contributed by atoms with Crippen LogP contribution in [0, 0.1) is 0 Å². The third-order valence-electron chi connectivity index (χ3n) is 16.0. The van der Waals surface area contributed by atoms with Gasteiger partial charge < -0.3 is 14.2 Å². The van der Waals surface area contributed by atoms with Crippen LogP contribution in [0.3, 0.4) is 0 Å². The molecule has 1 unspecified atom stereocenters. The van der Waals surface area contributed by atoms with Crippen LogP contribution in [-0.2, 0) is 28.6 Å². The van der Waals surface area contributed by atoms with Crippen LogP contribution in [0.15, 0.2) is 72.9 Å². The van der Waals surface area contributed by atoms with E-state index in [1.54, 1.807) is 0 Å². The van der Waals surface area contributed by atoms with E-state index in [1.807, 2.05) is 6.08 Å². The van der Waals surface area contributed by atoms with Gasteiger partial charge in [0.2, 0.25) is 0 Å². The lowest BCUT2D eigenvalue weighted by Gasteiger charge is -2.18. The number of carbonyl (C=O) groups excluding carboxylic acids is 3. The number of hydrogen-bond donors (Lipinski definition) is 0. The van der Waals surface area contributed by atoms with Crippen molar-refractivity contribution in [3.8, 4) is 0 Å². The van der Waals surface area contributed by atoms with Gasteiger partial charge >= 0.3 is 17.9 Å². The Kier molecular flexibility index (Phi) is 67.6. The zero-order chi connectivity index (χ0) is 59.2. The monoisotopic (exact) mass is 1150 g/mol. The summed E-state index contributed by atoms with van der Waals surface area (Å²) in [6.45, 7) is 6.52. The van der Waals surface area contributed by atoms with Gasteiger partial charge in [-0.3, -0.25) is 14.4 Å². The summed E-state index contributed by atoms with van der Waals surface area (Å²) in [6, 6.07) is 0. The van der Waals surface area contributed by atoms with E-state index in [2.05, 4.69) is 87.6 Å². The molecule has 0 rings (SSSR count). The van der Waals surface area contributed by atoms with E-state index in [4.69, 9.17) is 14.2 Å². The van der Waals surface area contributed by atoms with Crippen LogP contribution >= 0.6 is 0 Å². The van der Waals surface area contributed by atoms with Gasteiger partial charge in [0, 0.05) is 19.3 Å². The van der Waals surface area contributed by atoms with Crippen molar-refractivity contribution < 1.29 is 28.6 Å². The van der Waals surface area contributed by atoms with Crippen LogP contribution in [-0.4, -0.2) is 37.2 Å². The summed E-state index contributed by atoms with van der Waals surface area (Å²) in [7, 11) is 0. The van der Waals surface area contributed by atoms with Crippen molar-refractivity contribution in [1.29, 1.82) is 0 Å².